The molecule has 1 aliphatic carbocycles. The van der Waals surface area contributed by atoms with Gasteiger partial charge in [0.05, 0.1) is 5.41 Å². The summed E-state index contributed by atoms with van der Waals surface area (Å²) in [4.78, 5) is 21.3. The lowest BCUT2D eigenvalue weighted by molar-refractivity contribution is -0.145. The van der Waals surface area contributed by atoms with E-state index < -0.39 is 27.2 Å². The summed E-state index contributed by atoms with van der Waals surface area (Å²) < 4.78 is 21.0. The van der Waals surface area contributed by atoms with Crippen LogP contribution in [-0.4, -0.2) is 42.6 Å². The molecule has 0 aliphatic heterocycles. The minimum absolute atomic E-state index is 0.0359. The van der Waals surface area contributed by atoms with E-state index in [1.807, 2.05) is 0 Å². The number of carboxylic acids is 2. The van der Waals surface area contributed by atoms with Crippen LogP contribution in [0.1, 0.15) is 39.5 Å². The molecule has 0 amide bonds. The third-order valence-corrected chi connectivity index (χ3v) is 4.23. The second-order valence-corrected chi connectivity index (χ2v) is 7.85. The average molecular weight is 332 g/mol. The van der Waals surface area contributed by atoms with Gasteiger partial charge in [-0.25, -0.2) is 13.2 Å². The van der Waals surface area contributed by atoms with Gasteiger partial charge in [0.1, 0.15) is 9.84 Å². The Morgan fingerprint density at radius 2 is 1.86 bits per heavy atom. The van der Waals surface area contributed by atoms with E-state index in [-0.39, 0.29) is 12.0 Å². The summed E-state index contributed by atoms with van der Waals surface area (Å²) in [6.07, 6.45) is 8.63. The SMILES string of the molecule is CC1(C(=O)O)C=CC=C(C(=O)O)C1.CCCCCS(C)(=O)=O. The van der Waals surface area contributed by atoms with Crippen LogP contribution in [0.4, 0.5) is 0 Å². The predicted octanol–water partition coefficient (Wildman–Crippen LogP) is 2.27. The zero-order chi connectivity index (χ0) is 17.4. The Morgan fingerprint density at radius 1 is 1.27 bits per heavy atom. The minimum Gasteiger partial charge on any atom is -0.481 e. The van der Waals surface area contributed by atoms with Gasteiger partial charge in [0.25, 0.3) is 0 Å². The maximum atomic E-state index is 10.8. The second kappa shape index (κ2) is 8.73. The number of carbonyl (C=O) groups is 2. The molecule has 126 valence electrons. The van der Waals surface area contributed by atoms with Crippen molar-refractivity contribution in [1.29, 1.82) is 0 Å². The van der Waals surface area contributed by atoms with Gasteiger partial charge in [-0.2, -0.15) is 0 Å². The van der Waals surface area contributed by atoms with Gasteiger partial charge in [0.2, 0.25) is 0 Å². The van der Waals surface area contributed by atoms with Crippen LogP contribution in [0.15, 0.2) is 23.8 Å². The quantitative estimate of drug-likeness (QED) is 0.722. The molecule has 0 saturated carbocycles. The normalized spacial score (nSPS) is 20.6. The van der Waals surface area contributed by atoms with E-state index in [4.69, 9.17) is 10.2 Å². The summed E-state index contributed by atoms with van der Waals surface area (Å²) >= 11 is 0. The van der Waals surface area contributed by atoms with Gasteiger partial charge in [-0.1, -0.05) is 38.0 Å². The summed E-state index contributed by atoms with van der Waals surface area (Å²) in [5.74, 6) is -1.71. The van der Waals surface area contributed by atoms with Crippen molar-refractivity contribution in [3.63, 3.8) is 0 Å². The molecule has 1 aliphatic rings. The summed E-state index contributed by atoms with van der Waals surface area (Å²) in [6.45, 7) is 3.56. The molecule has 0 spiro atoms. The number of unbranched alkanes of at least 4 members (excludes halogenated alkanes) is 2. The Balaban J connectivity index is 0.000000433. The maximum Gasteiger partial charge on any atom is 0.331 e. The van der Waals surface area contributed by atoms with E-state index in [1.54, 1.807) is 0 Å². The molecular weight excluding hydrogens is 308 g/mol. The van der Waals surface area contributed by atoms with Gasteiger partial charge >= 0.3 is 11.9 Å². The van der Waals surface area contributed by atoms with Crippen molar-refractivity contribution in [1.82, 2.24) is 0 Å². The zero-order valence-corrected chi connectivity index (χ0v) is 14.0. The molecule has 6 nitrogen and oxygen atoms in total. The molecule has 0 aromatic carbocycles. The Hall–Kier alpha value is -1.63. The average Bonchev–Trinajstić information content (AvgIpc) is 2.38. The van der Waals surface area contributed by atoms with E-state index in [0.717, 1.165) is 19.3 Å². The van der Waals surface area contributed by atoms with E-state index >= 15 is 0 Å². The van der Waals surface area contributed by atoms with E-state index in [2.05, 4.69) is 6.92 Å². The number of hydrogen-bond acceptors (Lipinski definition) is 4. The minimum atomic E-state index is -2.70. The molecule has 0 radical (unpaired) electrons. The fraction of sp³-hybridized carbons (Fsp3) is 0.600. The Kier molecular flexibility index (Phi) is 8.08. The number of rotatable bonds is 6. The molecule has 0 heterocycles. The first-order chi connectivity index (χ1) is 10.0. The van der Waals surface area contributed by atoms with Gasteiger partial charge < -0.3 is 10.2 Å². The van der Waals surface area contributed by atoms with Crippen LogP contribution in [0.5, 0.6) is 0 Å². The van der Waals surface area contributed by atoms with Gasteiger partial charge in [-0.15, -0.1) is 0 Å². The molecular formula is C15H24O6S. The largest absolute Gasteiger partial charge is 0.481 e. The fourth-order valence-corrected chi connectivity index (χ4v) is 2.53. The molecule has 1 rings (SSSR count). The molecule has 1 atom stereocenters. The van der Waals surface area contributed by atoms with Gasteiger partial charge in [-0.05, 0) is 19.8 Å². The Labute approximate surface area is 131 Å². The van der Waals surface area contributed by atoms with E-state index in [0.29, 0.717) is 5.75 Å². The van der Waals surface area contributed by atoms with Gasteiger partial charge in [0.15, 0.2) is 0 Å². The first-order valence-corrected chi connectivity index (χ1v) is 9.10. The van der Waals surface area contributed by atoms with Gasteiger partial charge in [0, 0.05) is 17.6 Å². The van der Waals surface area contributed by atoms with Crippen LogP contribution < -0.4 is 0 Å². The third-order valence-electron chi connectivity index (χ3n) is 3.20. The van der Waals surface area contributed by atoms with Crippen molar-refractivity contribution >= 4 is 21.8 Å². The van der Waals surface area contributed by atoms with Crippen molar-refractivity contribution in [3.8, 4) is 0 Å². The van der Waals surface area contributed by atoms with Crippen LogP contribution in [0.2, 0.25) is 0 Å². The molecule has 7 heteroatoms. The van der Waals surface area contributed by atoms with Crippen molar-refractivity contribution in [2.45, 2.75) is 39.5 Å². The molecule has 0 saturated heterocycles. The van der Waals surface area contributed by atoms with Crippen LogP contribution in [0.3, 0.4) is 0 Å². The molecule has 2 N–H and O–H groups in total. The summed E-state index contributed by atoms with van der Waals surface area (Å²) in [5.41, 5.74) is -0.949. The molecule has 22 heavy (non-hydrogen) atoms. The first-order valence-electron chi connectivity index (χ1n) is 7.04. The predicted molar refractivity (Wildman–Crippen MR) is 84.5 cm³/mol. The maximum absolute atomic E-state index is 10.8. The summed E-state index contributed by atoms with van der Waals surface area (Å²) in [6, 6.07) is 0. The van der Waals surface area contributed by atoms with E-state index in [1.165, 1.54) is 31.4 Å². The smallest absolute Gasteiger partial charge is 0.331 e. The lowest BCUT2D eigenvalue weighted by Gasteiger charge is -2.23. The number of allylic oxidation sites excluding steroid dienone is 2. The highest BCUT2D eigenvalue weighted by Gasteiger charge is 2.34. The lowest BCUT2D eigenvalue weighted by Crippen LogP contribution is -2.28. The molecule has 0 aromatic heterocycles. The highest BCUT2D eigenvalue weighted by Crippen LogP contribution is 2.31. The van der Waals surface area contributed by atoms with E-state index in [9.17, 15) is 18.0 Å². The second-order valence-electron chi connectivity index (χ2n) is 5.59. The van der Waals surface area contributed by atoms with Crippen LogP contribution in [0.25, 0.3) is 0 Å². The Bertz CT molecular complexity index is 559. The van der Waals surface area contributed by atoms with Crippen molar-refractivity contribution in [2.24, 2.45) is 5.41 Å². The monoisotopic (exact) mass is 332 g/mol. The Morgan fingerprint density at radius 3 is 2.27 bits per heavy atom. The molecule has 1 unspecified atom stereocenters. The van der Waals surface area contributed by atoms with Crippen molar-refractivity contribution in [2.75, 3.05) is 12.0 Å². The molecule has 0 bridgehead atoms. The molecule has 0 aromatic rings. The zero-order valence-electron chi connectivity index (χ0n) is 13.2. The number of carboxylic acid groups (broad SMARTS) is 2. The topological polar surface area (TPSA) is 109 Å². The summed E-state index contributed by atoms with van der Waals surface area (Å²) in [5, 5.41) is 17.5. The lowest BCUT2D eigenvalue weighted by atomic mass is 9.80. The van der Waals surface area contributed by atoms with Crippen molar-refractivity contribution in [3.05, 3.63) is 23.8 Å². The fourth-order valence-electron chi connectivity index (χ4n) is 1.80. The first kappa shape index (κ1) is 20.4. The van der Waals surface area contributed by atoms with Gasteiger partial charge in [-0.3, -0.25) is 4.79 Å². The number of aliphatic carboxylic acids is 2. The molecule has 0 fully saturated rings. The van der Waals surface area contributed by atoms with Crippen molar-refractivity contribution < 1.29 is 28.2 Å². The highest BCUT2D eigenvalue weighted by atomic mass is 32.2. The highest BCUT2D eigenvalue weighted by molar-refractivity contribution is 7.90. The van der Waals surface area contributed by atoms with Crippen LogP contribution >= 0.6 is 0 Å². The standard InChI is InChI=1S/C9H10O4.C6H14O2S/c1-9(8(12)13)4-2-3-6(5-9)7(10)11;1-3-4-5-6-9(2,7)8/h2-4H,5H2,1H3,(H,10,11)(H,12,13);3-6H2,1-2H3. The van der Waals surface area contributed by atoms with Crippen LogP contribution in [0, 0.1) is 5.41 Å². The summed E-state index contributed by atoms with van der Waals surface area (Å²) in [7, 11) is -2.70. The number of hydrogen-bond donors (Lipinski definition) is 2. The van der Waals surface area contributed by atoms with Crippen LogP contribution in [-0.2, 0) is 19.4 Å². The third kappa shape index (κ3) is 7.97. The number of sulfone groups is 1.